The number of alkyl halides is 1. The summed E-state index contributed by atoms with van der Waals surface area (Å²) in [7, 11) is 1.55. The van der Waals surface area contributed by atoms with Gasteiger partial charge < -0.3 is 15.4 Å². The Labute approximate surface area is 128 Å². The number of amides is 2. The Morgan fingerprint density at radius 2 is 2.09 bits per heavy atom. The summed E-state index contributed by atoms with van der Waals surface area (Å²) in [5, 5.41) is 0. The molecule has 2 atom stereocenters. The zero-order chi connectivity index (χ0) is 16.3. The van der Waals surface area contributed by atoms with E-state index in [9.17, 15) is 14.0 Å². The highest BCUT2D eigenvalue weighted by Crippen LogP contribution is 2.26. The van der Waals surface area contributed by atoms with E-state index in [1.165, 1.54) is 11.0 Å². The minimum atomic E-state index is -1.22. The molecule has 5 nitrogen and oxygen atoms in total. The second-order valence-electron chi connectivity index (χ2n) is 5.27. The number of nitrogens with two attached hydrogens (primary N) is 1. The van der Waals surface area contributed by atoms with Crippen LogP contribution in [0.3, 0.4) is 0 Å². The minimum Gasteiger partial charge on any atom is -0.496 e. The van der Waals surface area contributed by atoms with Gasteiger partial charge in [0.2, 0.25) is 11.8 Å². The summed E-state index contributed by atoms with van der Waals surface area (Å²) in [5.41, 5.74) is 6.68. The van der Waals surface area contributed by atoms with Crippen molar-refractivity contribution in [1.29, 1.82) is 0 Å². The van der Waals surface area contributed by atoms with Crippen molar-refractivity contribution in [2.45, 2.75) is 25.6 Å². The Balaban J connectivity index is 2.24. The Morgan fingerprint density at radius 3 is 2.73 bits per heavy atom. The van der Waals surface area contributed by atoms with E-state index in [-0.39, 0.29) is 13.0 Å². The van der Waals surface area contributed by atoms with Gasteiger partial charge in [-0.15, -0.1) is 0 Å². The summed E-state index contributed by atoms with van der Waals surface area (Å²) in [5.74, 6) is -0.468. The largest absolute Gasteiger partial charge is 0.496 e. The predicted molar refractivity (Wildman–Crippen MR) is 80.9 cm³/mol. The quantitative estimate of drug-likeness (QED) is 0.857. The van der Waals surface area contributed by atoms with E-state index in [2.05, 4.69) is 0 Å². The molecule has 0 spiro atoms. The Kier molecular flexibility index (Phi) is 4.80. The zero-order valence-corrected chi connectivity index (χ0v) is 12.6. The van der Waals surface area contributed by atoms with Crippen molar-refractivity contribution in [2.24, 2.45) is 5.73 Å². The van der Waals surface area contributed by atoms with E-state index >= 15 is 0 Å². The molecule has 1 aliphatic heterocycles. The lowest BCUT2D eigenvalue weighted by atomic mass is 10.1. The summed E-state index contributed by atoms with van der Waals surface area (Å²) in [6, 6.07) is 6.39. The number of hydrogen-bond donors (Lipinski definition) is 1. The highest BCUT2D eigenvalue weighted by molar-refractivity contribution is 5.98. The lowest BCUT2D eigenvalue weighted by Gasteiger charge is -2.20. The molecule has 1 saturated heterocycles. The monoisotopic (exact) mass is 306 g/mol. The fourth-order valence-electron chi connectivity index (χ4n) is 2.61. The van der Waals surface area contributed by atoms with Crippen LogP contribution >= 0.6 is 0 Å². The van der Waals surface area contributed by atoms with Gasteiger partial charge in [-0.25, -0.2) is 4.39 Å². The molecule has 0 radical (unpaired) electrons. The van der Waals surface area contributed by atoms with Crippen LogP contribution in [0.25, 0.3) is 5.57 Å². The van der Waals surface area contributed by atoms with Crippen LogP contribution in [0.1, 0.15) is 18.9 Å². The third-order valence-electron chi connectivity index (χ3n) is 3.73. The molecule has 0 bridgehead atoms. The van der Waals surface area contributed by atoms with Gasteiger partial charge in [0.1, 0.15) is 18.0 Å². The molecule has 2 rings (SSSR count). The summed E-state index contributed by atoms with van der Waals surface area (Å²) < 4.78 is 18.7. The van der Waals surface area contributed by atoms with Crippen LogP contribution in [0.2, 0.25) is 0 Å². The molecular weight excluding hydrogens is 287 g/mol. The van der Waals surface area contributed by atoms with Crippen molar-refractivity contribution in [3.05, 3.63) is 35.9 Å². The predicted octanol–water partition coefficient (Wildman–Crippen LogP) is 1.52. The third-order valence-corrected chi connectivity index (χ3v) is 3.73. The number of ether oxygens (including phenoxy) is 1. The van der Waals surface area contributed by atoms with Gasteiger partial charge in [0.25, 0.3) is 0 Å². The Hall–Kier alpha value is -2.37. The van der Waals surface area contributed by atoms with Gasteiger partial charge in [-0.05, 0) is 18.6 Å². The number of nitrogens with zero attached hydrogens (tertiary/aromatic N) is 1. The highest BCUT2D eigenvalue weighted by atomic mass is 19.1. The van der Waals surface area contributed by atoms with E-state index in [4.69, 9.17) is 10.5 Å². The van der Waals surface area contributed by atoms with E-state index in [0.29, 0.717) is 11.3 Å². The number of halogens is 1. The molecule has 1 aromatic rings. The fraction of sp³-hybridized carbons (Fsp3) is 0.375. The summed E-state index contributed by atoms with van der Waals surface area (Å²) in [6.45, 7) is 1.65. The molecule has 0 aliphatic carbocycles. The first-order chi connectivity index (χ1) is 10.4. The first-order valence-electron chi connectivity index (χ1n) is 6.99. The SMILES string of the molecule is COc1ccccc1/C(C)=C/C(=O)N1C[C@H](F)C[C@H]1C(N)=O. The van der Waals surface area contributed by atoms with Crippen LogP contribution < -0.4 is 10.5 Å². The first-order valence-corrected chi connectivity index (χ1v) is 6.99. The molecule has 1 fully saturated rings. The number of hydrogen-bond acceptors (Lipinski definition) is 3. The van der Waals surface area contributed by atoms with Crippen LogP contribution in [-0.2, 0) is 9.59 Å². The summed E-state index contributed by atoms with van der Waals surface area (Å²) in [6.07, 6.45) is 0.121. The molecule has 0 unspecified atom stereocenters. The number of benzene rings is 1. The molecule has 22 heavy (non-hydrogen) atoms. The van der Waals surface area contributed by atoms with Gasteiger partial charge in [-0.1, -0.05) is 18.2 Å². The van der Waals surface area contributed by atoms with E-state index < -0.39 is 24.0 Å². The fourth-order valence-corrected chi connectivity index (χ4v) is 2.61. The van der Waals surface area contributed by atoms with Crippen molar-refractivity contribution in [1.82, 2.24) is 4.90 Å². The maximum Gasteiger partial charge on any atom is 0.247 e. The van der Waals surface area contributed by atoms with Crippen molar-refractivity contribution >= 4 is 17.4 Å². The molecule has 1 aromatic carbocycles. The second-order valence-corrected chi connectivity index (χ2v) is 5.27. The molecule has 2 amide bonds. The average Bonchev–Trinajstić information content (AvgIpc) is 2.89. The number of rotatable bonds is 4. The van der Waals surface area contributed by atoms with Crippen LogP contribution in [0, 0.1) is 0 Å². The zero-order valence-electron chi connectivity index (χ0n) is 12.6. The van der Waals surface area contributed by atoms with Crippen molar-refractivity contribution in [3.63, 3.8) is 0 Å². The molecule has 0 saturated carbocycles. The lowest BCUT2D eigenvalue weighted by molar-refractivity contribution is -0.133. The standard InChI is InChI=1S/C16H19FN2O3/c1-10(12-5-3-4-6-14(12)22-2)7-15(20)19-9-11(17)8-13(19)16(18)21/h3-7,11,13H,8-9H2,1-2H3,(H2,18,21)/b10-7+/t11-,13+/m1/s1. The lowest BCUT2D eigenvalue weighted by Crippen LogP contribution is -2.43. The normalized spacial score (nSPS) is 21.8. The van der Waals surface area contributed by atoms with Gasteiger partial charge in [0, 0.05) is 18.1 Å². The number of methoxy groups -OCH3 is 1. The van der Waals surface area contributed by atoms with Gasteiger partial charge in [0.15, 0.2) is 0 Å². The topological polar surface area (TPSA) is 72.6 Å². The number of para-hydroxylation sites is 1. The number of likely N-dealkylation sites (tertiary alicyclic amines) is 1. The Morgan fingerprint density at radius 1 is 1.41 bits per heavy atom. The smallest absolute Gasteiger partial charge is 0.247 e. The van der Waals surface area contributed by atoms with E-state index in [0.717, 1.165) is 5.56 Å². The van der Waals surface area contributed by atoms with E-state index in [1.54, 1.807) is 20.1 Å². The van der Waals surface area contributed by atoms with Crippen LogP contribution in [0.5, 0.6) is 5.75 Å². The van der Waals surface area contributed by atoms with Gasteiger partial charge in [0.05, 0.1) is 13.7 Å². The van der Waals surface area contributed by atoms with Crippen LogP contribution in [-0.4, -0.2) is 42.6 Å². The van der Waals surface area contributed by atoms with Crippen LogP contribution in [0.15, 0.2) is 30.3 Å². The maximum absolute atomic E-state index is 13.5. The molecule has 6 heteroatoms. The number of primary amides is 1. The molecule has 2 N–H and O–H groups in total. The van der Waals surface area contributed by atoms with Crippen molar-refractivity contribution in [2.75, 3.05) is 13.7 Å². The maximum atomic E-state index is 13.5. The summed E-state index contributed by atoms with van der Waals surface area (Å²) in [4.78, 5) is 24.8. The summed E-state index contributed by atoms with van der Waals surface area (Å²) >= 11 is 0. The van der Waals surface area contributed by atoms with E-state index in [1.807, 2.05) is 18.2 Å². The number of carbonyl (C=O) groups excluding carboxylic acids is 2. The first kappa shape index (κ1) is 16.0. The highest BCUT2D eigenvalue weighted by Gasteiger charge is 2.38. The number of carbonyl (C=O) groups is 2. The third kappa shape index (κ3) is 3.27. The minimum absolute atomic E-state index is 0.0391. The van der Waals surface area contributed by atoms with Crippen molar-refractivity contribution in [3.8, 4) is 5.75 Å². The van der Waals surface area contributed by atoms with Crippen molar-refractivity contribution < 1.29 is 18.7 Å². The number of allylic oxidation sites excluding steroid dienone is 1. The molecule has 118 valence electrons. The molecular formula is C16H19FN2O3. The molecule has 1 heterocycles. The Bertz CT molecular complexity index is 615. The van der Waals surface area contributed by atoms with Gasteiger partial charge in [-0.3, -0.25) is 9.59 Å². The van der Waals surface area contributed by atoms with Crippen LogP contribution in [0.4, 0.5) is 4.39 Å². The van der Waals surface area contributed by atoms with Gasteiger partial charge >= 0.3 is 0 Å². The average molecular weight is 306 g/mol. The van der Waals surface area contributed by atoms with Gasteiger partial charge in [-0.2, -0.15) is 0 Å². The molecule has 0 aromatic heterocycles. The second kappa shape index (κ2) is 6.60. The molecule has 1 aliphatic rings.